The lowest BCUT2D eigenvalue weighted by molar-refractivity contribution is 0.0929. The van der Waals surface area contributed by atoms with E-state index in [1.165, 1.54) is 16.3 Å². The molecule has 0 aromatic carbocycles. The molecule has 0 radical (unpaired) electrons. The van der Waals surface area contributed by atoms with Gasteiger partial charge in [0.05, 0.1) is 17.9 Å². The second kappa shape index (κ2) is 6.27. The Bertz CT molecular complexity index is 704. The van der Waals surface area contributed by atoms with Crippen molar-refractivity contribution in [2.75, 3.05) is 18.0 Å². The molecule has 0 saturated carbocycles. The van der Waals surface area contributed by atoms with Gasteiger partial charge in [-0.1, -0.05) is 0 Å². The third-order valence-corrected chi connectivity index (χ3v) is 4.34. The minimum Gasteiger partial charge on any atom is -0.354 e. The third-order valence-electron chi connectivity index (χ3n) is 3.87. The van der Waals surface area contributed by atoms with Crippen LogP contribution in [0.3, 0.4) is 0 Å². The van der Waals surface area contributed by atoms with E-state index >= 15 is 0 Å². The summed E-state index contributed by atoms with van der Waals surface area (Å²) in [5, 5.41) is 2.96. The van der Waals surface area contributed by atoms with E-state index < -0.39 is 0 Å². The molecule has 1 aliphatic rings. The van der Waals surface area contributed by atoms with Crippen molar-refractivity contribution in [3.63, 3.8) is 0 Å². The smallest absolute Gasteiger partial charge is 0.263 e. The first kappa shape index (κ1) is 14.7. The van der Waals surface area contributed by atoms with Crippen LogP contribution in [0.1, 0.15) is 23.2 Å². The van der Waals surface area contributed by atoms with Crippen LogP contribution in [-0.2, 0) is 7.05 Å². The van der Waals surface area contributed by atoms with Gasteiger partial charge < -0.3 is 14.8 Å². The number of hydrogen-bond donors (Lipinski definition) is 1. The highest BCUT2D eigenvalue weighted by Crippen LogP contribution is 2.18. The van der Waals surface area contributed by atoms with Crippen molar-refractivity contribution in [2.45, 2.75) is 18.9 Å². The number of nitrogens with one attached hydrogen (secondary N) is 1. The fourth-order valence-corrected chi connectivity index (χ4v) is 3.02. The van der Waals surface area contributed by atoms with Crippen LogP contribution in [0.25, 0.3) is 0 Å². The van der Waals surface area contributed by atoms with Crippen LogP contribution in [0.2, 0.25) is 0 Å². The maximum absolute atomic E-state index is 12.2. The molecule has 2 aromatic heterocycles. The second-order valence-electron chi connectivity index (χ2n) is 5.34. The topological polar surface area (TPSA) is 80.1 Å². The molecule has 1 aliphatic heterocycles. The highest BCUT2D eigenvalue weighted by Gasteiger charge is 2.23. The van der Waals surface area contributed by atoms with E-state index in [1.807, 2.05) is 0 Å². The first-order valence-corrected chi connectivity index (χ1v) is 7.87. The van der Waals surface area contributed by atoms with E-state index in [9.17, 15) is 9.59 Å². The summed E-state index contributed by atoms with van der Waals surface area (Å²) in [4.78, 5) is 26.3. The standard InChI is InChI=1S/C14H17N5O2S/c1-18-6-2-3-11(14(18)21)13(20)16-10-4-7-19(8-5-10)12-9-15-22-17-12/h2-3,6,9-10H,4-5,7-8H2,1H3,(H,16,20). The molecule has 3 rings (SSSR count). The molecule has 1 N–H and O–H groups in total. The SMILES string of the molecule is Cn1cccc(C(=O)NC2CCN(c3cnsn3)CC2)c1=O. The zero-order valence-corrected chi connectivity index (χ0v) is 13.0. The summed E-state index contributed by atoms with van der Waals surface area (Å²) in [6, 6.07) is 3.35. The van der Waals surface area contributed by atoms with Crippen LogP contribution in [0.5, 0.6) is 0 Å². The van der Waals surface area contributed by atoms with E-state index in [1.54, 1.807) is 31.6 Å². The van der Waals surface area contributed by atoms with Gasteiger partial charge in [0, 0.05) is 32.4 Å². The number of carbonyl (C=O) groups excluding carboxylic acids is 1. The van der Waals surface area contributed by atoms with Crippen molar-refractivity contribution >= 4 is 23.5 Å². The van der Waals surface area contributed by atoms with Gasteiger partial charge in [-0.25, -0.2) is 0 Å². The Hall–Kier alpha value is -2.22. The fraction of sp³-hybridized carbons (Fsp3) is 0.429. The van der Waals surface area contributed by atoms with Gasteiger partial charge in [0.25, 0.3) is 11.5 Å². The summed E-state index contributed by atoms with van der Waals surface area (Å²) in [5.41, 5.74) is -0.0814. The largest absolute Gasteiger partial charge is 0.354 e. The summed E-state index contributed by atoms with van der Waals surface area (Å²) in [7, 11) is 1.64. The van der Waals surface area contributed by atoms with Gasteiger partial charge in [0.2, 0.25) is 0 Å². The molecule has 1 saturated heterocycles. The first-order chi connectivity index (χ1) is 10.6. The molecule has 8 heteroatoms. The number of rotatable bonds is 3. The number of hydrogen-bond acceptors (Lipinski definition) is 6. The highest BCUT2D eigenvalue weighted by atomic mass is 32.1. The van der Waals surface area contributed by atoms with Crippen LogP contribution in [0.15, 0.2) is 29.3 Å². The van der Waals surface area contributed by atoms with Gasteiger partial charge in [-0.05, 0) is 25.0 Å². The fourth-order valence-electron chi connectivity index (χ4n) is 2.59. The maximum Gasteiger partial charge on any atom is 0.263 e. The molecule has 0 atom stereocenters. The maximum atomic E-state index is 12.2. The number of carbonyl (C=O) groups is 1. The highest BCUT2D eigenvalue weighted by molar-refractivity contribution is 6.99. The molecule has 0 spiro atoms. The van der Waals surface area contributed by atoms with Crippen LogP contribution < -0.4 is 15.8 Å². The molecule has 3 heterocycles. The van der Waals surface area contributed by atoms with Gasteiger partial charge in [-0.3, -0.25) is 9.59 Å². The Balaban J connectivity index is 1.60. The number of pyridine rings is 1. The summed E-state index contributed by atoms with van der Waals surface area (Å²) >= 11 is 1.20. The first-order valence-electron chi connectivity index (χ1n) is 7.14. The summed E-state index contributed by atoms with van der Waals surface area (Å²) < 4.78 is 9.63. The van der Waals surface area contributed by atoms with E-state index in [2.05, 4.69) is 19.0 Å². The number of aryl methyl sites for hydroxylation is 1. The average Bonchev–Trinajstić information content (AvgIpc) is 3.05. The van der Waals surface area contributed by atoms with Crippen LogP contribution in [0, 0.1) is 0 Å². The molecule has 0 bridgehead atoms. The quantitative estimate of drug-likeness (QED) is 0.898. The summed E-state index contributed by atoms with van der Waals surface area (Å²) in [6.07, 6.45) is 5.06. The lowest BCUT2D eigenvalue weighted by atomic mass is 10.0. The molecule has 1 fully saturated rings. The monoisotopic (exact) mass is 319 g/mol. The van der Waals surface area contributed by atoms with E-state index in [0.717, 1.165) is 31.7 Å². The van der Waals surface area contributed by atoms with Crippen LogP contribution in [-0.4, -0.2) is 38.4 Å². The minimum atomic E-state index is -0.296. The Labute approximate surface area is 131 Å². The zero-order chi connectivity index (χ0) is 15.5. The van der Waals surface area contributed by atoms with E-state index in [-0.39, 0.29) is 23.1 Å². The molecular formula is C14H17N5O2S. The van der Waals surface area contributed by atoms with Crippen molar-refractivity contribution in [1.29, 1.82) is 0 Å². The molecule has 7 nitrogen and oxygen atoms in total. The van der Waals surface area contributed by atoms with Crippen molar-refractivity contribution in [2.24, 2.45) is 7.05 Å². The minimum absolute atomic E-state index is 0.0836. The molecule has 1 amide bonds. The Morgan fingerprint density at radius 2 is 2.18 bits per heavy atom. The van der Waals surface area contributed by atoms with Crippen molar-refractivity contribution in [3.8, 4) is 0 Å². The molecule has 116 valence electrons. The van der Waals surface area contributed by atoms with Crippen LogP contribution in [0.4, 0.5) is 5.82 Å². The van der Waals surface area contributed by atoms with Gasteiger partial charge in [0.15, 0.2) is 5.82 Å². The van der Waals surface area contributed by atoms with E-state index in [4.69, 9.17) is 0 Å². The van der Waals surface area contributed by atoms with Gasteiger partial charge in [0.1, 0.15) is 5.56 Å². The van der Waals surface area contributed by atoms with Crippen molar-refractivity contribution in [1.82, 2.24) is 18.6 Å². The number of amides is 1. The Morgan fingerprint density at radius 3 is 2.86 bits per heavy atom. The molecule has 0 unspecified atom stereocenters. The number of piperidine rings is 1. The Kier molecular flexibility index (Phi) is 4.19. The second-order valence-corrected chi connectivity index (χ2v) is 5.90. The lowest BCUT2D eigenvalue weighted by Gasteiger charge is -2.32. The van der Waals surface area contributed by atoms with Crippen LogP contribution >= 0.6 is 11.7 Å². The molecule has 2 aromatic rings. The van der Waals surface area contributed by atoms with Gasteiger partial charge in [-0.15, -0.1) is 0 Å². The molecule has 22 heavy (non-hydrogen) atoms. The Morgan fingerprint density at radius 1 is 1.41 bits per heavy atom. The van der Waals surface area contributed by atoms with Crippen molar-refractivity contribution < 1.29 is 4.79 Å². The number of anilines is 1. The summed E-state index contributed by atoms with van der Waals surface area (Å²) in [5.74, 6) is 0.599. The normalized spacial score (nSPS) is 15.8. The van der Waals surface area contributed by atoms with Crippen molar-refractivity contribution in [3.05, 3.63) is 40.4 Å². The summed E-state index contributed by atoms with van der Waals surface area (Å²) in [6.45, 7) is 1.65. The van der Waals surface area contributed by atoms with Gasteiger partial charge in [-0.2, -0.15) is 8.75 Å². The predicted molar refractivity (Wildman–Crippen MR) is 84.3 cm³/mol. The zero-order valence-electron chi connectivity index (χ0n) is 12.2. The number of aromatic nitrogens is 3. The van der Waals surface area contributed by atoms with Gasteiger partial charge >= 0.3 is 0 Å². The predicted octanol–water partition coefficient (Wildman–Crippen LogP) is 0.636. The number of nitrogens with zero attached hydrogens (tertiary/aromatic N) is 4. The van der Waals surface area contributed by atoms with E-state index in [0.29, 0.717) is 0 Å². The average molecular weight is 319 g/mol. The lowest BCUT2D eigenvalue weighted by Crippen LogP contribution is -2.46. The molecular weight excluding hydrogens is 302 g/mol. The molecule has 0 aliphatic carbocycles. The third kappa shape index (κ3) is 3.01.